The number of aromatic nitrogens is 2. The molecule has 0 bridgehead atoms. The summed E-state index contributed by atoms with van der Waals surface area (Å²) in [4.78, 5) is 4.82. The van der Waals surface area contributed by atoms with Crippen LogP contribution in [0, 0.1) is 6.92 Å². The van der Waals surface area contributed by atoms with Gasteiger partial charge in [0.1, 0.15) is 18.1 Å². The van der Waals surface area contributed by atoms with Crippen molar-refractivity contribution in [2.45, 2.75) is 26.5 Å². The Morgan fingerprint density at radius 1 is 0.966 bits per heavy atom. The molecule has 4 aromatic rings. The van der Waals surface area contributed by atoms with E-state index in [-0.39, 0.29) is 6.10 Å². The molecule has 0 amide bonds. The summed E-state index contributed by atoms with van der Waals surface area (Å²) in [5.74, 6) is 2.46. The van der Waals surface area contributed by atoms with E-state index < -0.39 is 0 Å². The van der Waals surface area contributed by atoms with E-state index in [1.165, 1.54) is 0 Å². The van der Waals surface area contributed by atoms with E-state index >= 15 is 0 Å². The maximum absolute atomic E-state index is 6.20. The third-order valence-corrected chi connectivity index (χ3v) is 5.24. The van der Waals surface area contributed by atoms with Crippen LogP contribution in [0.3, 0.4) is 0 Å². The maximum Gasteiger partial charge on any atom is 0.153 e. The van der Waals surface area contributed by atoms with Gasteiger partial charge in [-0.25, -0.2) is 4.98 Å². The maximum atomic E-state index is 6.20. The normalized spacial score (nSPS) is 12.1. The fourth-order valence-electron chi connectivity index (χ4n) is 3.31. The van der Waals surface area contributed by atoms with Gasteiger partial charge < -0.3 is 14.0 Å². The first-order valence-electron chi connectivity index (χ1n) is 9.67. The quantitative estimate of drug-likeness (QED) is 0.365. The smallest absolute Gasteiger partial charge is 0.153 e. The Bertz CT molecular complexity index is 1110. The predicted octanol–water partition coefficient (Wildman–Crippen LogP) is 6.22. The molecule has 4 rings (SSSR count). The zero-order valence-electron chi connectivity index (χ0n) is 16.5. The molecule has 0 aliphatic carbocycles. The fraction of sp³-hybridized carbons (Fsp3) is 0.208. The van der Waals surface area contributed by atoms with Gasteiger partial charge in [-0.15, -0.1) is 0 Å². The van der Waals surface area contributed by atoms with E-state index in [1.54, 1.807) is 0 Å². The first kappa shape index (κ1) is 19.3. The molecule has 4 nitrogen and oxygen atoms in total. The summed E-state index contributed by atoms with van der Waals surface area (Å²) < 4.78 is 14.2. The Balaban J connectivity index is 1.55. The number of benzene rings is 3. The summed E-state index contributed by atoms with van der Waals surface area (Å²) in [5.41, 5.74) is 3.05. The number of ether oxygens (including phenoxy) is 2. The zero-order chi connectivity index (χ0) is 20.2. The molecule has 5 heteroatoms. The number of nitrogens with zero attached hydrogens (tertiary/aromatic N) is 2. The van der Waals surface area contributed by atoms with Crippen LogP contribution in [-0.4, -0.2) is 16.2 Å². The lowest BCUT2D eigenvalue weighted by Gasteiger charge is -2.17. The van der Waals surface area contributed by atoms with Gasteiger partial charge in [0.05, 0.1) is 17.6 Å². The lowest BCUT2D eigenvalue weighted by molar-refractivity contribution is 0.207. The summed E-state index contributed by atoms with van der Waals surface area (Å²) in [6.07, 6.45) is -0.196. The fourth-order valence-corrected chi connectivity index (χ4v) is 3.48. The molecule has 0 aliphatic heterocycles. The monoisotopic (exact) mass is 406 g/mol. The summed E-state index contributed by atoms with van der Waals surface area (Å²) >= 11 is 6.20. The molecule has 148 valence electrons. The Kier molecular flexibility index (Phi) is 5.72. The zero-order valence-corrected chi connectivity index (χ0v) is 17.3. The number of hydrogen-bond donors (Lipinski definition) is 0. The van der Waals surface area contributed by atoms with Crippen LogP contribution in [0.25, 0.3) is 11.0 Å². The second-order valence-electron chi connectivity index (χ2n) is 6.94. The van der Waals surface area contributed by atoms with E-state index in [0.29, 0.717) is 18.2 Å². The molecule has 29 heavy (non-hydrogen) atoms. The molecule has 1 unspecified atom stereocenters. The standard InChI is InChI=1S/C24H23ClN2O2/c1-17-12-13-20(16-21(17)25)28-15-14-27-23-11-7-6-10-22(23)26-24(27)18(2)29-19-8-4-3-5-9-19/h3-13,16,18H,14-15H2,1-2H3. The molecule has 1 aromatic heterocycles. The van der Waals surface area contributed by atoms with E-state index in [9.17, 15) is 0 Å². The van der Waals surface area contributed by atoms with Crippen molar-refractivity contribution in [2.24, 2.45) is 0 Å². The Morgan fingerprint density at radius 3 is 2.52 bits per heavy atom. The molecular weight excluding hydrogens is 384 g/mol. The minimum absolute atomic E-state index is 0.196. The van der Waals surface area contributed by atoms with Crippen molar-refractivity contribution in [3.05, 3.63) is 89.2 Å². The van der Waals surface area contributed by atoms with Crippen molar-refractivity contribution in [1.82, 2.24) is 9.55 Å². The van der Waals surface area contributed by atoms with Crippen molar-refractivity contribution in [3.8, 4) is 11.5 Å². The number of fused-ring (bicyclic) bond motifs is 1. The first-order valence-corrected chi connectivity index (χ1v) is 10.1. The van der Waals surface area contributed by atoms with Crippen LogP contribution < -0.4 is 9.47 Å². The molecule has 0 N–H and O–H groups in total. The molecule has 1 heterocycles. The second-order valence-corrected chi connectivity index (χ2v) is 7.35. The molecule has 0 spiro atoms. The minimum Gasteiger partial charge on any atom is -0.492 e. The highest BCUT2D eigenvalue weighted by atomic mass is 35.5. The van der Waals surface area contributed by atoms with Crippen molar-refractivity contribution < 1.29 is 9.47 Å². The number of hydrogen-bond acceptors (Lipinski definition) is 3. The second kappa shape index (κ2) is 8.58. The van der Waals surface area contributed by atoms with Gasteiger partial charge in [-0.3, -0.25) is 0 Å². The Morgan fingerprint density at radius 2 is 1.72 bits per heavy atom. The molecule has 0 aliphatic rings. The predicted molar refractivity (Wildman–Crippen MR) is 117 cm³/mol. The Labute approximate surface area is 175 Å². The van der Waals surface area contributed by atoms with Crippen LogP contribution in [0.1, 0.15) is 24.4 Å². The van der Waals surface area contributed by atoms with Crippen molar-refractivity contribution >= 4 is 22.6 Å². The van der Waals surface area contributed by atoms with Crippen LogP contribution in [0.15, 0.2) is 72.8 Å². The lowest BCUT2D eigenvalue weighted by Crippen LogP contribution is -2.15. The number of imidazole rings is 1. The van der Waals surface area contributed by atoms with Gasteiger partial charge in [-0.05, 0) is 55.8 Å². The van der Waals surface area contributed by atoms with Crippen LogP contribution >= 0.6 is 11.6 Å². The largest absolute Gasteiger partial charge is 0.492 e. The van der Waals surface area contributed by atoms with Gasteiger partial charge in [0, 0.05) is 5.02 Å². The molecule has 0 fully saturated rings. The van der Waals surface area contributed by atoms with Gasteiger partial charge >= 0.3 is 0 Å². The van der Waals surface area contributed by atoms with E-state index in [2.05, 4.69) is 10.6 Å². The third-order valence-electron chi connectivity index (χ3n) is 4.83. The van der Waals surface area contributed by atoms with Gasteiger partial charge in [0.25, 0.3) is 0 Å². The first-order chi connectivity index (χ1) is 14.1. The van der Waals surface area contributed by atoms with Crippen LogP contribution in [0.2, 0.25) is 5.02 Å². The number of rotatable bonds is 7. The summed E-state index contributed by atoms with van der Waals surface area (Å²) in [6.45, 7) is 5.16. The highest BCUT2D eigenvalue weighted by Crippen LogP contribution is 2.26. The molecule has 0 saturated heterocycles. The average molecular weight is 407 g/mol. The van der Waals surface area contributed by atoms with Crippen molar-refractivity contribution in [1.29, 1.82) is 0 Å². The topological polar surface area (TPSA) is 36.3 Å². The molecule has 1 atom stereocenters. The van der Waals surface area contributed by atoms with E-state index in [1.807, 2.05) is 80.6 Å². The highest BCUT2D eigenvalue weighted by molar-refractivity contribution is 6.31. The number of aryl methyl sites for hydroxylation is 1. The van der Waals surface area contributed by atoms with Gasteiger partial charge in [0.15, 0.2) is 11.9 Å². The van der Waals surface area contributed by atoms with Crippen LogP contribution in [0.4, 0.5) is 0 Å². The van der Waals surface area contributed by atoms with Crippen LogP contribution in [-0.2, 0) is 6.54 Å². The third kappa shape index (κ3) is 4.38. The molecule has 3 aromatic carbocycles. The van der Waals surface area contributed by atoms with Gasteiger partial charge in [-0.1, -0.05) is 48.0 Å². The number of para-hydroxylation sites is 3. The number of halogens is 1. The van der Waals surface area contributed by atoms with Crippen molar-refractivity contribution in [3.63, 3.8) is 0 Å². The molecule has 0 radical (unpaired) electrons. The van der Waals surface area contributed by atoms with E-state index in [0.717, 1.165) is 33.9 Å². The average Bonchev–Trinajstić information content (AvgIpc) is 3.10. The van der Waals surface area contributed by atoms with E-state index in [4.69, 9.17) is 26.1 Å². The van der Waals surface area contributed by atoms with Gasteiger partial charge in [-0.2, -0.15) is 0 Å². The SMILES string of the molecule is Cc1ccc(OCCn2c(C(C)Oc3ccccc3)nc3ccccc32)cc1Cl. The van der Waals surface area contributed by atoms with Crippen molar-refractivity contribution in [2.75, 3.05) is 6.61 Å². The van der Waals surface area contributed by atoms with Crippen LogP contribution in [0.5, 0.6) is 11.5 Å². The van der Waals surface area contributed by atoms with Gasteiger partial charge in [0.2, 0.25) is 0 Å². The lowest BCUT2D eigenvalue weighted by atomic mass is 10.2. The summed E-state index contributed by atoms with van der Waals surface area (Å²) in [5, 5.41) is 0.709. The highest BCUT2D eigenvalue weighted by Gasteiger charge is 2.18. The Hall–Kier alpha value is -2.98. The summed E-state index contributed by atoms with van der Waals surface area (Å²) in [6, 6.07) is 23.7. The molecule has 0 saturated carbocycles. The molecular formula is C24H23ClN2O2. The summed E-state index contributed by atoms with van der Waals surface area (Å²) in [7, 11) is 0. The minimum atomic E-state index is -0.196.